The van der Waals surface area contributed by atoms with E-state index in [-0.39, 0.29) is 18.1 Å². The summed E-state index contributed by atoms with van der Waals surface area (Å²) >= 11 is 0. The van der Waals surface area contributed by atoms with Crippen LogP contribution in [0.5, 0.6) is 0 Å². The summed E-state index contributed by atoms with van der Waals surface area (Å²) in [5.41, 5.74) is 3.50. The van der Waals surface area contributed by atoms with Crippen LogP contribution in [-0.4, -0.2) is 24.7 Å². The quantitative estimate of drug-likeness (QED) is 0.853. The number of hydrogen-bond acceptors (Lipinski definition) is 3. The smallest absolute Gasteiger partial charge is 0.253 e. The number of ether oxygens (including phenoxy) is 1. The maximum atomic E-state index is 12.2. The lowest BCUT2D eigenvalue weighted by molar-refractivity contribution is -0.126. The summed E-state index contributed by atoms with van der Waals surface area (Å²) in [7, 11) is 0. The number of rotatable bonds is 2. The van der Waals surface area contributed by atoms with Gasteiger partial charge in [0.25, 0.3) is 5.91 Å². The lowest BCUT2D eigenvalue weighted by Gasteiger charge is -2.21. The van der Waals surface area contributed by atoms with Crippen molar-refractivity contribution in [3.05, 3.63) is 29.3 Å². The van der Waals surface area contributed by atoms with Crippen LogP contribution in [0.2, 0.25) is 0 Å². The standard InChI is InChI=1S/C15H20N2O2/c1-10-5-6-14(19-10)15(18)17-13-4-2-3-11-9-16-8-7-12(11)13/h2-4,10,14,16H,5-9H2,1H3,(H,17,18). The van der Waals surface area contributed by atoms with E-state index >= 15 is 0 Å². The van der Waals surface area contributed by atoms with Gasteiger partial charge in [-0.2, -0.15) is 0 Å². The van der Waals surface area contributed by atoms with Crippen molar-refractivity contribution in [3.8, 4) is 0 Å². The Balaban J connectivity index is 1.74. The fourth-order valence-electron chi connectivity index (χ4n) is 2.86. The van der Waals surface area contributed by atoms with E-state index in [1.54, 1.807) is 0 Å². The number of nitrogens with one attached hydrogen (secondary N) is 2. The highest BCUT2D eigenvalue weighted by Gasteiger charge is 2.28. The summed E-state index contributed by atoms with van der Waals surface area (Å²) in [5, 5.41) is 6.39. The first kappa shape index (κ1) is 12.6. The second kappa shape index (κ2) is 5.31. The summed E-state index contributed by atoms with van der Waals surface area (Å²) in [6, 6.07) is 6.10. The average Bonchev–Trinajstić information content (AvgIpc) is 2.86. The number of hydrogen-bond donors (Lipinski definition) is 2. The van der Waals surface area contributed by atoms with Crippen molar-refractivity contribution >= 4 is 11.6 Å². The Morgan fingerprint density at radius 2 is 2.32 bits per heavy atom. The van der Waals surface area contributed by atoms with Gasteiger partial charge in [0.1, 0.15) is 6.10 Å². The molecular weight excluding hydrogens is 240 g/mol. The van der Waals surface area contributed by atoms with Crippen LogP contribution in [0.4, 0.5) is 5.69 Å². The van der Waals surface area contributed by atoms with Crippen LogP contribution >= 0.6 is 0 Å². The molecule has 0 aliphatic carbocycles. The van der Waals surface area contributed by atoms with E-state index in [1.165, 1.54) is 11.1 Å². The predicted octanol–water partition coefficient (Wildman–Crippen LogP) is 1.84. The summed E-state index contributed by atoms with van der Waals surface area (Å²) in [6.07, 6.45) is 2.67. The monoisotopic (exact) mass is 260 g/mol. The Morgan fingerprint density at radius 1 is 1.42 bits per heavy atom. The summed E-state index contributed by atoms with van der Waals surface area (Å²) in [6.45, 7) is 3.87. The molecule has 2 aliphatic heterocycles. The summed E-state index contributed by atoms with van der Waals surface area (Å²) < 4.78 is 5.61. The van der Waals surface area contributed by atoms with Gasteiger partial charge in [0.15, 0.2) is 0 Å². The van der Waals surface area contributed by atoms with Crippen molar-refractivity contribution in [1.82, 2.24) is 5.32 Å². The van der Waals surface area contributed by atoms with Gasteiger partial charge in [-0.15, -0.1) is 0 Å². The van der Waals surface area contributed by atoms with Gasteiger partial charge < -0.3 is 15.4 Å². The Hall–Kier alpha value is -1.39. The van der Waals surface area contributed by atoms with Crippen molar-refractivity contribution < 1.29 is 9.53 Å². The van der Waals surface area contributed by atoms with Crippen molar-refractivity contribution in [2.24, 2.45) is 0 Å². The van der Waals surface area contributed by atoms with E-state index in [0.29, 0.717) is 0 Å². The minimum Gasteiger partial charge on any atom is -0.365 e. The molecule has 0 aromatic heterocycles. The van der Waals surface area contributed by atoms with Crippen molar-refractivity contribution in [2.75, 3.05) is 11.9 Å². The molecule has 0 radical (unpaired) electrons. The highest BCUT2D eigenvalue weighted by molar-refractivity contribution is 5.95. The molecular formula is C15H20N2O2. The molecule has 0 saturated carbocycles. The minimum absolute atomic E-state index is 0.00344. The van der Waals surface area contributed by atoms with Crippen LogP contribution in [0.15, 0.2) is 18.2 Å². The largest absolute Gasteiger partial charge is 0.365 e. The molecule has 2 atom stereocenters. The van der Waals surface area contributed by atoms with Gasteiger partial charge in [-0.3, -0.25) is 4.79 Å². The van der Waals surface area contributed by atoms with Crippen LogP contribution in [0.1, 0.15) is 30.9 Å². The molecule has 4 nitrogen and oxygen atoms in total. The first-order chi connectivity index (χ1) is 9.24. The lowest BCUT2D eigenvalue weighted by atomic mass is 9.99. The van der Waals surface area contributed by atoms with Gasteiger partial charge in [0.05, 0.1) is 6.10 Å². The summed E-state index contributed by atoms with van der Waals surface area (Å²) in [4.78, 5) is 12.2. The molecule has 2 aliphatic rings. The maximum absolute atomic E-state index is 12.2. The van der Waals surface area contributed by atoms with Gasteiger partial charge in [-0.05, 0) is 49.9 Å². The van der Waals surface area contributed by atoms with Gasteiger partial charge in [0.2, 0.25) is 0 Å². The second-order valence-electron chi connectivity index (χ2n) is 5.37. The zero-order valence-electron chi connectivity index (χ0n) is 11.2. The van der Waals surface area contributed by atoms with Crippen LogP contribution in [0.25, 0.3) is 0 Å². The Morgan fingerprint density at radius 3 is 3.11 bits per heavy atom. The third kappa shape index (κ3) is 2.65. The third-order valence-corrected chi connectivity index (χ3v) is 3.92. The number of carbonyl (C=O) groups excluding carboxylic acids is 1. The van der Waals surface area contributed by atoms with Gasteiger partial charge in [-0.1, -0.05) is 12.1 Å². The Labute approximate surface area is 113 Å². The third-order valence-electron chi connectivity index (χ3n) is 3.92. The molecule has 1 fully saturated rings. The zero-order chi connectivity index (χ0) is 13.2. The van der Waals surface area contributed by atoms with Crippen molar-refractivity contribution in [2.45, 2.75) is 44.9 Å². The first-order valence-electron chi connectivity index (χ1n) is 7.02. The zero-order valence-corrected chi connectivity index (χ0v) is 11.2. The maximum Gasteiger partial charge on any atom is 0.253 e. The van der Waals surface area contributed by atoms with Crippen LogP contribution in [0, 0.1) is 0 Å². The molecule has 1 aromatic rings. The van der Waals surface area contributed by atoms with E-state index in [0.717, 1.165) is 38.0 Å². The van der Waals surface area contributed by atoms with Crippen molar-refractivity contribution in [3.63, 3.8) is 0 Å². The number of benzene rings is 1. The van der Waals surface area contributed by atoms with Gasteiger partial charge in [-0.25, -0.2) is 0 Å². The fraction of sp³-hybridized carbons (Fsp3) is 0.533. The minimum atomic E-state index is -0.285. The molecule has 2 heterocycles. The molecule has 0 spiro atoms. The molecule has 102 valence electrons. The average molecular weight is 260 g/mol. The number of amides is 1. The van der Waals surface area contributed by atoms with Crippen molar-refractivity contribution in [1.29, 1.82) is 0 Å². The second-order valence-corrected chi connectivity index (χ2v) is 5.37. The molecule has 1 aromatic carbocycles. The number of fused-ring (bicyclic) bond motifs is 1. The van der Waals surface area contributed by atoms with Gasteiger partial charge in [0, 0.05) is 12.2 Å². The Bertz CT molecular complexity index is 487. The molecule has 0 bridgehead atoms. The number of carbonyl (C=O) groups is 1. The fourth-order valence-corrected chi connectivity index (χ4v) is 2.86. The van der Waals surface area contributed by atoms with E-state index in [1.807, 2.05) is 19.1 Å². The molecule has 4 heteroatoms. The van der Waals surface area contributed by atoms with Crippen LogP contribution in [0.3, 0.4) is 0 Å². The lowest BCUT2D eigenvalue weighted by Crippen LogP contribution is -2.30. The molecule has 3 rings (SSSR count). The SMILES string of the molecule is CC1CCC(C(=O)Nc2cccc3c2CCNC3)O1. The van der Waals surface area contributed by atoms with E-state index in [4.69, 9.17) is 4.74 Å². The molecule has 2 unspecified atom stereocenters. The first-order valence-corrected chi connectivity index (χ1v) is 7.02. The summed E-state index contributed by atoms with van der Waals surface area (Å²) in [5.74, 6) is -0.00344. The van der Waals surface area contributed by atoms with E-state index < -0.39 is 0 Å². The molecule has 1 amide bonds. The molecule has 2 N–H and O–H groups in total. The topological polar surface area (TPSA) is 50.4 Å². The highest BCUT2D eigenvalue weighted by Crippen LogP contribution is 2.25. The van der Waals surface area contributed by atoms with Gasteiger partial charge >= 0.3 is 0 Å². The Kier molecular flexibility index (Phi) is 3.53. The van der Waals surface area contributed by atoms with E-state index in [9.17, 15) is 4.79 Å². The molecule has 1 saturated heterocycles. The normalized spacial score (nSPS) is 25.9. The van der Waals surface area contributed by atoms with E-state index in [2.05, 4.69) is 16.7 Å². The van der Waals surface area contributed by atoms with Crippen LogP contribution < -0.4 is 10.6 Å². The predicted molar refractivity (Wildman–Crippen MR) is 74.1 cm³/mol. The number of anilines is 1. The highest BCUT2D eigenvalue weighted by atomic mass is 16.5. The molecule has 19 heavy (non-hydrogen) atoms. The van der Waals surface area contributed by atoms with Crippen LogP contribution in [-0.2, 0) is 22.5 Å².